The van der Waals surface area contributed by atoms with Gasteiger partial charge in [-0.1, -0.05) is 0 Å². The smallest absolute Gasteiger partial charge is 0.418 e. The molecule has 4 heterocycles. The van der Waals surface area contributed by atoms with Crippen LogP contribution < -0.4 is 5.32 Å². The third-order valence-electron chi connectivity index (χ3n) is 5.16. The normalized spacial score (nSPS) is 11.7. The largest absolute Gasteiger partial charge is 0.436 e. The third-order valence-corrected chi connectivity index (χ3v) is 5.16. The van der Waals surface area contributed by atoms with E-state index in [-0.39, 0.29) is 39.9 Å². The molecule has 9 nitrogen and oxygen atoms in total. The standard InChI is InChI=1S/C23H15F4N7O2/c1-11-19(36-12(2)30-11)21(35)31-14-5-6-17(24)15(8-14)20-32-22-29-9-13(10-34(22)33-20)18-16(23(25,26)27)4-3-7-28-18/h3-10H,1-2H3,(H,31,35). The number of nitrogens with one attached hydrogen (secondary N) is 1. The van der Waals surface area contributed by atoms with E-state index < -0.39 is 23.5 Å². The van der Waals surface area contributed by atoms with Crippen molar-refractivity contribution >= 4 is 17.4 Å². The van der Waals surface area contributed by atoms with Gasteiger partial charge in [0.1, 0.15) is 5.82 Å². The topological polar surface area (TPSA) is 111 Å². The number of oxazole rings is 1. The molecule has 13 heteroatoms. The van der Waals surface area contributed by atoms with Gasteiger partial charge < -0.3 is 9.73 Å². The van der Waals surface area contributed by atoms with Crippen LogP contribution in [0.4, 0.5) is 23.2 Å². The summed E-state index contributed by atoms with van der Waals surface area (Å²) in [4.78, 5) is 28.6. The van der Waals surface area contributed by atoms with E-state index >= 15 is 0 Å². The second-order valence-corrected chi connectivity index (χ2v) is 7.72. The second kappa shape index (κ2) is 8.52. The first-order valence-corrected chi connectivity index (χ1v) is 10.4. The zero-order valence-electron chi connectivity index (χ0n) is 18.6. The first kappa shape index (κ1) is 23.1. The number of aryl methyl sites for hydroxylation is 2. The van der Waals surface area contributed by atoms with Crippen molar-refractivity contribution in [2.75, 3.05) is 5.32 Å². The molecular formula is C23H15F4N7O2. The summed E-state index contributed by atoms with van der Waals surface area (Å²) < 4.78 is 61.3. The van der Waals surface area contributed by atoms with Crippen LogP contribution in [0.2, 0.25) is 0 Å². The van der Waals surface area contributed by atoms with Crippen LogP contribution in [0.5, 0.6) is 0 Å². The summed E-state index contributed by atoms with van der Waals surface area (Å²) in [6, 6.07) is 5.89. The van der Waals surface area contributed by atoms with E-state index in [9.17, 15) is 22.4 Å². The van der Waals surface area contributed by atoms with Gasteiger partial charge in [-0.3, -0.25) is 9.78 Å². The molecule has 0 fully saturated rings. The third kappa shape index (κ3) is 4.26. The Hall–Kier alpha value is -4.68. The lowest BCUT2D eigenvalue weighted by Gasteiger charge is -2.11. The molecule has 1 amide bonds. The molecule has 0 aliphatic heterocycles. The Morgan fingerprint density at radius 3 is 2.64 bits per heavy atom. The lowest BCUT2D eigenvalue weighted by atomic mass is 10.1. The molecule has 4 aromatic heterocycles. The molecule has 36 heavy (non-hydrogen) atoms. The van der Waals surface area contributed by atoms with Crippen molar-refractivity contribution in [3.8, 4) is 22.6 Å². The Morgan fingerprint density at radius 1 is 1.11 bits per heavy atom. The highest BCUT2D eigenvalue weighted by atomic mass is 19.4. The Balaban J connectivity index is 1.49. The highest BCUT2D eigenvalue weighted by molar-refractivity contribution is 6.03. The molecule has 0 unspecified atom stereocenters. The quantitative estimate of drug-likeness (QED) is 0.353. The second-order valence-electron chi connectivity index (χ2n) is 7.72. The minimum atomic E-state index is -4.62. The maximum absolute atomic E-state index is 14.7. The fraction of sp³-hybridized carbons (Fsp3) is 0.130. The molecule has 0 saturated heterocycles. The summed E-state index contributed by atoms with van der Waals surface area (Å²) in [6.07, 6.45) is -0.934. The summed E-state index contributed by atoms with van der Waals surface area (Å²) in [5.74, 6) is -0.965. The van der Waals surface area contributed by atoms with Gasteiger partial charge >= 0.3 is 6.18 Å². The van der Waals surface area contributed by atoms with Crippen LogP contribution in [0.3, 0.4) is 0 Å². The van der Waals surface area contributed by atoms with E-state index in [4.69, 9.17) is 4.42 Å². The van der Waals surface area contributed by atoms with E-state index in [1.54, 1.807) is 13.8 Å². The van der Waals surface area contributed by atoms with Crippen LogP contribution in [0.15, 0.2) is 53.3 Å². The van der Waals surface area contributed by atoms with Crippen molar-refractivity contribution in [1.29, 1.82) is 0 Å². The zero-order valence-corrected chi connectivity index (χ0v) is 18.6. The summed E-state index contributed by atoms with van der Waals surface area (Å²) in [5, 5.41) is 6.77. The van der Waals surface area contributed by atoms with Gasteiger partial charge in [-0.15, -0.1) is 5.10 Å². The van der Waals surface area contributed by atoms with E-state index in [2.05, 4.69) is 30.4 Å². The molecule has 0 aliphatic carbocycles. The van der Waals surface area contributed by atoms with E-state index in [1.807, 2.05) is 0 Å². The fourth-order valence-electron chi connectivity index (χ4n) is 3.59. The molecule has 0 radical (unpaired) electrons. The van der Waals surface area contributed by atoms with Crippen LogP contribution in [0, 0.1) is 19.7 Å². The van der Waals surface area contributed by atoms with Gasteiger partial charge in [0, 0.05) is 36.8 Å². The summed E-state index contributed by atoms with van der Waals surface area (Å²) >= 11 is 0. The number of pyridine rings is 1. The molecule has 0 spiro atoms. The molecule has 0 bridgehead atoms. The fourth-order valence-corrected chi connectivity index (χ4v) is 3.59. The number of benzene rings is 1. The van der Waals surface area contributed by atoms with Crippen LogP contribution >= 0.6 is 0 Å². The van der Waals surface area contributed by atoms with E-state index in [0.717, 1.165) is 16.6 Å². The molecule has 1 aromatic carbocycles. The monoisotopic (exact) mass is 497 g/mol. The highest BCUT2D eigenvalue weighted by Gasteiger charge is 2.34. The minimum absolute atomic E-state index is 0.0220. The zero-order chi connectivity index (χ0) is 25.6. The SMILES string of the molecule is Cc1nc(C)c(C(=O)Nc2ccc(F)c(-c3nc4ncc(-c5ncccc5C(F)(F)F)cn4n3)c2)o1. The van der Waals surface area contributed by atoms with Crippen molar-refractivity contribution < 1.29 is 26.8 Å². The van der Waals surface area contributed by atoms with Crippen LogP contribution in [-0.4, -0.2) is 35.5 Å². The van der Waals surface area contributed by atoms with Crippen LogP contribution in [0.1, 0.15) is 27.7 Å². The highest BCUT2D eigenvalue weighted by Crippen LogP contribution is 2.35. The van der Waals surface area contributed by atoms with Crippen LogP contribution in [-0.2, 0) is 6.18 Å². The molecular weight excluding hydrogens is 482 g/mol. The Labute approximate surface area is 199 Å². The Morgan fingerprint density at radius 2 is 1.92 bits per heavy atom. The number of amides is 1. The Bertz CT molecular complexity index is 1620. The predicted molar refractivity (Wildman–Crippen MR) is 118 cm³/mol. The van der Waals surface area contributed by atoms with Crippen molar-refractivity contribution in [2.24, 2.45) is 0 Å². The number of alkyl halides is 3. The minimum Gasteiger partial charge on any atom is -0.436 e. The first-order valence-electron chi connectivity index (χ1n) is 10.4. The van der Waals surface area contributed by atoms with Gasteiger partial charge in [-0.2, -0.15) is 18.2 Å². The number of rotatable bonds is 4. The number of halogens is 4. The molecule has 0 saturated carbocycles. The number of aromatic nitrogens is 6. The number of hydrogen-bond donors (Lipinski definition) is 1. The Kier molecular flexibility index (Phi) is 5.46. The van der Waals surface area contributed by atoms with Crippen molar-refractivity contribution in [3.63, 3.8) is 0 Å². The van der Waals surface area contributed by atoms with Gasteiger partial charge in [0.25, 0.3) is 11.7 Å². The predicted octanol–water partition coefficient (Wildman–Crippen LogP) is 4.87. The summed E-state index contributed by atoms with van der Waals surface area (Å²) in [6.45, 7) is 3.22. The molecule has 0 atom stereocenters. The van der Waals surface area contributed by atoms with Gasteiger partial charge in [0.15, 0.2) is 11.7 Å². The van der Waals surface area contributed by atoms with Gasteiger partial charge in [-0.05, 0) is 37.3 Å². The van der Waals surface area contributed by atoms with Gasteiger partial charge in [-0.25, -0.2) is 18.9 Å². The molecule has 1 N–H and O–H groups in total. The maximum Gasteiger partial charge on any atom is 0.418 e. The molecule has 0 aliphatic rings. The summed E-state index contributed by atoms with van der Waals surface area (Å²) in [5.41, 5.74) is -0.632. The number of carbonyl (C=O) groups excluding carboxylic acids is 1. The van der Waals surface area contributed by atoms with E-state index in [0.29, 0.717) is 11.6 Å². The molecule has 5 aromatic rings. The van der Waals surface area contributed by atoms with Crippen LogP contribution in [0.25, 0.3) is 28.4 Å². The van der Waals surface area contributed by atoms with Crippen molar-refractivity contribution in [3.05, 3.63) is 77.6 Å². The van der Waals surface area contributed by atoms with Gasteiger partial charge in [0.2, 0.25) is 5.76 Å². The first-order chi connectivity index (χ1) is 17.1. The molecule has 5 rings (SSSR count). The molecule has 182 valence electrons. The maximum atomic E-state index is 14.7. The van der Waals surface area contributed by atoms with Crippen molar-refractivity contribution in [1.82, 2.24) is 29.5 Å². The number of anilines is 1. The van der Waals surface area contributed by atoms with Crippen molar-refractivity contribution in [2.45, 2.75) is 20.0 Å². The average molecular weight is 497 g/mol. The van der Waals surface area contributed by atoms with Gasteiger partial charge in [0.05, 0.1) is 22.5 Å². The lowest BCUT2D eigenvalue weighted by molar-refractivity contribution is -0.137. The number of fused-ring (bicyclic) bond motifs is 1. The lowest BCUT2D eigenvalue weighted by Crippen LogP contribution is -2.12. The number of hydrogen-bond acceptors (Lipinski definition) is 7. The number of nitrogens with zero attached hydrogens (tertiary/aromatic N) is 6. The van der Waals surface area contributed by atoms with E-state index in [1.165, 1.54) is 36.8 Å². The number of carbonyl (C=O) groups is 1. The average Bonchev–Trinajstić information content (AvgIpc) is 3.41. The summed E-state index contributed by atoms with van der Waals surface area (Å²) in [7, 11) is 0.